The number of aliphatic hydroxyl groups excluding tert-OH is 1. The Bertz CT molecular complexity index is 634. The Balaban J connectivity index is 1.49. The van der Waals surface area contributed by atoms with Gasteiger partial charge in [-0.3, -0.25) is 4.90 Å². The van der Waals surface area contributed by atoms with Gasteiger partial charge in [0, 0.05) is 23.9 Å². The third-order valence-electron chi connectivity index (χ3n) is 10.1. The Hall–Kier alpha value is -0.380. The van der Waals surface area contributed by atoms with Gasteiger partial charge in [0.05, 0.1) is 12.7 Å². The maximum atomic E-state index is 11.3. The van der Waals surface area contributed by atoms with Crippen molar-refractivity contribution < 1.29 is 9.84 Å². The standard InChI is InChI=1S/C22H33NO2/c1-14-15-4-8-21(18(14)24)9-5-16-20(2)6-3-7-22(16,17(21)12-15)13-23-10-11-25-19(20)23/h15-19,24H,1,3-13H2,2H3/t15-,16+,17+,18+,19?,20?,21-,22-/m0/s1. The van der Waals surface area contributed by atoms with Crippen LogP contribution in [-0.2, 0) is 4.74 Å². The minimum Gasteiger partial charge on any atom is -0.388 e. The Morgan fingerprint density at radius 1 is 1.12 bits per heavy atom. The number of ether oxygens (including phenoxy) is 1. The maximum Gasteiger partial charge on any atom is 0.116 e. The molecule has 5 aliphatic carbocycles. The summed E-state index contributed by atoms with van der Waals surface area (Å²) < 4.78 is 6.29. The first-order valence-corrected chi connectivity index (χ1v) is 10.7. The largest absolute Gasteiger partial charge is 0.388 e. The Kier molecular flexibility index (Phi) is 2.95. The molecule has 2 unspecified atom stereocenters. The molecular formula is C22H33NO2. The maximum absolute atomic E-state index is 11.3. The quantitative estimate of drug-likeness (QED) is 0.683. The van der Waals surface area contributed by atoms with E-state index in [0.717, 1.165) is 19.1 Å². The summed E-state index contributed by atoms with van der Waals surface area (Å²) in [4.78, 5) is 2.69. The smallest absolute Gasteiger partial charge is 0.116 e. The molecule has 1 N–H and O–H groups in total. The molecule has 1 spiro atoms. The molecule has 2 heterocycles. The van der Waals surface area contributed by atoms with E-state index < -0.39 is 0 Å². The Morgan fingerprint density at radius 3 is 2.84 bits per heavy atom. The SMILES string of the molecule is C=C1[C@H]2CC[C@@]3(CC[C@@H]4C5(C)CCC[C@@]4(CN4CCOC45)[C@@H]3C2)[C@@H]1O. The van der Waals surface area contributed by atoms with E-state index in [0.29, 0.717) is 28.9 Å². The molecule has 4 bridgehead atoms. The van der Waals surface area contributed by atoms with Crippen molar-refractivity contribution in [3.63, 3.8) is 0 Å². The van der Waals surface area contributed by atoms with Gasteiger partial charge in [0.2, 0.25) is 0 Å². The molecule has 0 amide bonds. The van der Waals surface area contributed by atoms with Gasteiger partial charge in [0.15, 0.2) is 0 Å². The highest BCUT2D eigenvalue weighted by Gasteiger charge is 2.71. The third-order valence-corrected chi connectivity index (χ3v) is 10.1. The minimum absolute atomic E-state index is 0.147. The van der Waals surface area contributed by atoms with Crippen LogP contribution in [-0.4, -0.2) is 42.0 Å². The average molecular weight is 344 g/mol. The van der Waals surface area contributed by atoms with Gasteiger partial charge in [-0.2, -0.15) is 0 Å². The van der Waals surface area contributed by atoms with Gasteiger partial charge in [-0.1, -0.05) is 19.9 Å². The second-order valence-corrected chi connectivity index (χ2v) is 10.6. The fraction of sp³-hybridized carbons (Fsp3) is 0.909. The summed E-state index contributed by atoms with van der Waals surface area (Å²) in [6, 6.07) is 0. The molecule has 5 saturated carbocycles. The zero-order valence-electron chi connectivity index (χ0n) is 15.7. The summed E-state index contributed by atoms with van der Waals surface area (Å²) >= 11 is 0. The van der Waals surface area contributed by atoms with E-state index in [1.54, 1.807) is 0 Å². The summed E-state index contributed by atoms with van der Waals surface area (Å²) in [6.07, 6.45) is 10.6. The number of piperidine rings is 1. The van der Waals surface area contributed by atoms with E-state index in [4.69, 9.17) is 4.74 Å². The summed E-state index contributed by atoms with van der Waals surface area (Å²) in [5.41, 5.74) is 2.07. The van der Waals surface area contributed by atoms with Crippen molar-refractivity contribution in [2.75, 3.05) is 19.7 Å². The summed E-state index contributed by atoms with van der Waals surface area (Å²) in [6.45, 7) is 10.1. The molecule has 0 radical (unpaired) electrons. The molecular weight excluding hydrogens is 310 g/mol. The molecule has 8 atom stereocenters. The number of hydrogen-bond donors (Lipinski definition) is 1. The van der Waals surface area contributed by atoms with Crippen molar-refractivity contribution in [3.8, 4) is 0 Å². The molecule has 0 aromatic rings. The second-order valence-electron chi connectivity index (χ2n) is 10.6. The first-order chi connectivity index (χ1) is 12.0. The highest BCUT2D eigenvalue weighted by atomic mass is 16.5. The van der Waals surface area contributed by atoms with E-state index >= 15 is 0 Å². The molecule has 138 valence electrons. The molecule has 7 rings (SSSR count). The van der Waals surface area contributed by atoms with Crippen LogP contribution < -0.4 is 0 Å². The van der Waals surface area contributed by atoms with Gasteiger partial charge in [0.1, 0.15) is 6.23 Å². The predicted octanol–water partition coefficient (Wildman–Crippen LogP) is 3.58. The molecule has 25 heavy (non-hydrogen) atoms. The minimum atomic E-state index is -0.235. The fourth-order valence-corrected chi connectivity index (χ4v) is 9.25. The normalized spacial score (nSPS) is 60.1. The lowest BCUT2D eigenvalue weighted by Crippen LogP contribution is -2.72. The lowest BCUT2D eigenvalue weighted by atomic mass is 9.34. The van der Waals surface area contributed by atoms with Gasteiger partial charge in [-0.05, 0) is 73.7 Å². The molecule has 3 heteroatoms. The number of fused-ring (bicyclic) bond motifs is 4. The molecule has 7 aliphatic rings. The van der Waals surface area contributed by atoms with Crippen molar-refractivity contribution >= 4 is 0 Å². The summed E-state index contributed by atoms with van der Waals surface area (Å²) in [5, 5.41) is 11.3. The van der Waals surface area contributed by atoms with Crippen LogP contribution in [0.3, 0.4) is 0 Å². The summed E-state index contributed by atoms with van der Waals surface area (Å²) in [5.74, 6) is 2.08. The van der Waals surface area contributed by atoms with Crippen LogP contribution in [0.1, 0.15) is 58.3 Å². The zero-order valence-corrected chi connectivity index (χ0v) is 15.7. The summed E-state index contributed by atoms with van der Waals surface area (Å²) in [7, 11) is 0. The average Bonchev–Trinajstić information content (AvgIpc) is 3.07. The Labute approximate surface area is 151 Å². The van der Waals surface area contributed by atoms with Gasteiger partial charge >= 0.3 is 0 Å². The highest BCUT2D eigenvalue weighted by Crippen LogP contribution is 2.74. The van der Waals surface area contributed by atoms with Crippen LogP contribution in [0.25, 0.3) is 0 Å². The van der Waals surface area contributed by atoms with Crippen LogP contribution in [0, 0.1) is 34.0 Å². The van der Waals surface area contributed by atoms with Gasteiger partial charge in [-0.25, -0.2) is 0 Å². The number of hydrogen-bond acceptors (Lipinski definition) is 3. The van der Waals surface area contributed by atoms with Crippen molar-refractivity contribution in [1.82, 2.24) is 4.90 Å². The van der Waals surface area contributed by atoms with Crippen LogP contribution in [0.4, 0.5) is 0 Å². The molecule has 0 aromatic carbocycles. The number of nitrogens with zero attached hydrogens (tertiary/aromatic N) is 1. The van der Waals surface area contributed by atoms with Crippen molar-refractivity contribution in [1.29, 1.82) is 0 Å². The topological polar surface area (TPSA) is 32.7 Å². The Morgan fingerprint density at radius 2 is 1.96 bits per heavy atom. The number of rotatable bonds is 0. The van der Waals surface area contributed by atoms with Gasteiger partial charge in [-0.15, -0.1) is 0 Å². The first kappa shape index (κ1) is 15.7. The highest BCUT2D eigenvalue weighted by molar-refractivity contribution is 5.28. The monoisotopic (exact) mass is 343 g/mol. The zero-order chi connectivity index (χ0) is 17.0. The van der Waals surface area contributed by atoms with Crippen LogP contribution in [0.15, 0.2) is 12.2 Å². The third kappa shape index (κ3) is 1.62. The first-order valence-electron chi connectivity index (χ1n) is 10.7. The van der Waals surface area contributed by atoms with E-state index in [1.807, 2.05) is 0 Å². The van der Waals surface area contributed by atoms with Crippen molar-refractivity contribution in [2.45, 2.75) is 70.6 Å². The molecule has 2 aliphatic heterocycles. The van der Waals surface area contributed by atoms with Crippen molar-refractivity contribution in [2.24, 2.45) is 34.0 Å². The second kappa shape index (κ2) is 4.72. The van der Waals surface area contributed by atoms with Crippen LogP contribution >= 0.6 is 0 Å². The fourth-order valence-electron chi connectivity index (χ4n) is 9.25. The van der Waals surface area contributed by atoms with Crippen molar-refractivity contribution in [3.05, 3.63) is 12.2 Å². The lowest BCUT2D eigenvalue weighted by Gasteiger charge is -2.73. The van der Waals surface area contributed by atoms with Gasteiger partial charge < -0.3 is 9.84 Å². The van der Waals surface area contributed by atoms with E-state index in [1.165, 1.54) is 63.5 Å². The molecule has 0 aromatic heterocycles. The van der Waals surface area contributed by atoms with E-state index in [-0.39, 0.29) is 11.5 Å². The van der Waals surface area contributed by atoms with E-state index in [2.05, 4.69) is 18.4 Å². The number of aliphatic hydroxyl groups is 1. The van der Waals surface area contributed by atoms with Crippen LogP contribution in [0.2, 0.25) is 0 Å². The van der Waals surface area contributed by atoms with Crippen LogP contribution in [0.5, 0.6) is 0 Å². The van der Waals surface area contributed by atoms with E-state index in [9.17, 15) is 5.11 Å². The molecule has 7 fully saturated rings. The van der Waals surface area contributed by atoms with Gasteiger partial charge in [0.25, 0.3) is 0 Å². The molecule has 3 nitrogen and oxygen atoms in total. The predicted molar refractivity (Wildman–Crippen MR) is 96.8 cm³/mol. The lowest BCUT2D eigenvalue weighted by molar-refractivity contribution is -0.273. The molecule has 2 saturated heterocycles.